The molecule has 0 aliphatic rings. The summed E-state index contributed by atoms with van der Waals surface area (Å²) >= 11 is 0. The number of carbonyl (C=O) groups excluding carboxylic acids is 2. The Kier molecular flexibility index (Phi) is 27.3. The van der Waals surface area contributed by atoms with E-state index in [-0.39, 0.29) is 11.9 Å². The maximum Gasteiger partial charge on any atom is 0.305 e. The smallest absolute Gasteiger partial charge is 0.305 e. The van der Waals surface area contributed by atoms with Crippen LogP contribution in [0.15, 0.2) is 0 Å². The predicted molar refractivity (Wildman–Crippen MR) is 171 cm³/mol. The van der Waals surface area contributed by atoms with E-state index in [0.717, 1.165) is 50.4 Å². The van der Waals surface area contributed by atoms with Crippen molar-refractivity contribution in [2.75, 3.05) is 13.2 Å². The number of ether oxygens (including phenoxy) is 2. The molecule has 0 aromatic rings. The third-order valence-corrected chi connectivity index (χ3v) is 8.25. The van der Waals surface area contributed by atoms with Crippen molar-refractivity contribution in [3.05, 3.63) is 0 Å². The maximum absolute atomic E-state index is 12.1. The first-order valence-corrected chi connectivity index (χ1v) is 17.5. The van der Waals surface area contributed by atoms with Crippen LogP contribution in [0.5, 0.6) is 0 Å². The zero-order valence-electron chi connectivity index (χ0n) is 27.9. The lowest BCUT2D eigenvalue weighted by atomic mass is 9.86. The van der Waals surface area contributed by atoms with Gasteiger partial charge in [0.25, 0.3) is 0 Å². The van der Waals surface area contributed by atoms with E-state index in [1.165, 1.54) is 89.9 Å². The lowest BCUT2D eigenvalue weighted by Crippen LogP contribution is -2.13. The van der Waals surface area contributed by atoms with Gasteiger partial charge in [0.1, 0.15) is 0 Å². The van der Waals surface area contributed by atoms with E-state index in [4.69, 9.17) is 9.47 Å². The van der Waals surface area contributed by atoms with Gasteiger partial charge in [-0.05, 0) is 49.4 Å². The van der Waals surface area contributed by atoms with Gasteiger partial charge in [-0.15, -0.1) is 0 Å². The molecule has 0 amide bonds. The summed E-state index contributed by atoms with van der Waals surface area (Å²) in [5, 5.41) is 0. The van der Waals surface area contributed by atoms with Crippen LogP contribution in [-0.2, 0) is 19.1 Å². The lowest BCUT2D eigenvalue weighted by molar-refractivity contribution is -0.145. The number of rotatable bonds is 29. The van der Waals surface area contributed by atoms with Crippen LogP contribution in [-0.4, -0.2) is 25.2 Å². The highest BCUT2D eigenvalue weighted by Gasteiger charge is 2.15. The second-order valence-electron chi connectivity index (χ2n) is 13.5. The lowest BCUT2D eigenvalue weighted by Gasteiger charge is -2.20. The number of unbranched alkanes of at least 4 members (excludes halogenated alkanes) is 13. The minimum absolute atomic E-state index is 0.00246. The summed E-state index contributed by atoms with van der Waals surface area (Å²) in [4.78, 5) is 24.0. The first-order chi connectivity index (χ1) is 19.2. The summed E-state index contributed by atoms with van der Waals surface area (Å²) in [5.41, 5.74) is 0. The average molecular weight is 567 g/mol. The van der Waals surface area contributed by atoms with Crippen molar-refractivity contribution in [1.29, 1.82) is 0 Å². The van der Waals surface area contributed by atoms with Crippen molar-refractivity contribution in [1.82, 2.24) is 0 Å². The Hall–Kier alpha value is -1.06. The molecule has 0 aliphatic carbocycles. The number of hydrogen-bond donors (Lipinski definition) is 0. The maximum atomic E-state index is 12.1. The average Bonchev–Trinajstić information content (AvgIpc) is 2.89. The standard InChI is InChI=1S/C36H70O4/c1-31(2)23-17-15-21-29-39-35(37)26-20-14-12-10-8-7-9-11-13-19-25-34(33(5)6)27-28-36(38)40-30-22-16-18-24-32(3)4/h31-34H,7-30H2,1-6H3. The van der Waals surface area contributed by atoms with Crippen molar-refractivity contribution in [3.63, 3.8) is 0 Å². The molecule has 238 valence electrons. The molecule has 0 saturated heterocycles. The minimum Gasteiger partial charge on any atom is -0.466 e. The van der Waals surface area contributed by atoms with Crippen LogP contribution in [0.1, 0.15) is 183 Å². The van der Waals surface area contributed by atoms with Crippen molar-refractivity contribution < 1.29 is 19.1 Å². The molecule has 0 saturated carbocycles. The van der Waals surface area contributed by atoms with Gasteiger partial charge in [-0.25, -0.2) is 0 Å². The zero-order chi connectivity index (χ0) is 29.8. The van der Waals surface area contributed by atoms with E-state index in [1.54, 1.807) is 0 Å². The van der Waals surface area contributed by atoms with E-state index >= 15 is 0 Å². The molecule has 0 N–H and O–H groups in total. The largest absolute Gasteiger partial charge is 0.466 e. The van der Waals surface area contributed by atoms with Gasteiger partial charge >= 0.3 is 11.9 Å². The fourth-order valence-electron chi connectivity index (χ4n) is 5.38. The summed E-state index contributed by atoms with van der Waals surface area (Å²) in [6.07, 6.45) is 25.3. The highest BCUT2D eigenvalue weighted by molar-refractivity contribution is 5.69. The third-order valence-electron chi connectivity index (χ3n) is 8.25. The molecular weight excluding hydrogens is 496 g/mol. The fourth-order valence-corrected chi connectivity index (χ4v) is 5.38. The van der Waals surface area contributed by atoms with Gasteiger partial charge < -0.3 is 9.47 Å². The Bertz CT molecular complexity index is 569. The summed E-state index contributed by atoms with van der Waals surface area (Å²) in [6.45, 7) is 14.8. The Labute approximate surface area is 250 Å². The molecule has 0 aromatic carbocycles. The normalized spacial score (nSPS) is 12.4. The van der Waals surface area contributed by atoms with Crippen molar-refractivity contribution in [2.24, 2.45) is 23.7 Å². The Morgan fingerprint density at radius 3 is 1.25 bits per heavy atom. The van der Waals surface area contributed by atoms with Gasteiger partial charge in [0.15, 0.2) is 0 Å². The molecule has 4 nitrogen and oxygen atoms in total. The molecule has 0 rings (SSSR count). The van der Waals surface area contributed by atoms with E-state index in [2.05, 4.69) is 41.5 Å². The second-order valence-corrected chi connectivity index (χ2v) is 13.5. The SMILES string of the molecule is CC(C)CCCCCOC(=O)CCCCCCCCCCCCC(CCC(=O)OCCCCCC(C)C)C(C)C. The molecule has 0 bridgehead atoms. The molecule has 1 atom stereocenters. The molecule has 0 fully saturated rings. The molecule has 0 radical (unpaired) electrons. The topological polar surface area (TPSA) is 52.6 Å². The molecule has 0 aliphatic heterocycles. The first-order valence-electron chi connectivity index (χ1n) is 17.5. The number of esters is 2. The highest BCUT2D eigenvalue weighted by Crippen LogP contribution is 2.24. The first kappa shape index (κ1) is 38.9. The third kappa shape index (κ3) is 28.5. The van der Waals surface area contributed by atoms with Crippen molar-refractivity contribution in [2.45, 2.75) is 183 Å². The molecule has 40 heavy (non-hydrogen) atoms. The molecule has 1 unspecified atom stereocenters. The summed E-state index contributed by atoms with van der Waals surface area (Å²) in [6, 6.07) is 0. The molecule has 0 aromatic heterocycles. The number of hydrogen-bond acceptors (Lipinski definition) is 4. The van der Waals surface area contributed by atoms with Crippen LogP contribution in [0, 0.1) is 23.7 Å². The summed E-state index contributed by atoms with van der Waals surface area (Å²) in [5.74, 6) is 2.78. The molecule has 0 spiro atoms. The number of carbonyl (C=O) groups is 2. The highest BCUT2D eigenvalue weighted by atomic mass is 16.5. The summed E-state index contributed by atoms with van der Waals surface area (Å²) in [7, 11) is 0. The van der Waals surface area contributed by atoms with Crippen molar-refractivity contribution >= 4 is 11.9 Å². The van der Waals surface area contributed by atoms with Gasteiger partial charge in [0.2, 0.25) is 0 Å². The summed E-state index contributed by atoms with van der Waals surface area (Å²) < 4.78 is 10.8. The fraction of sp³-hybridized carbons (Fsp3) is 0.944. The second kappa shape index (κ2) is 28.1. The van der Waals surface area contributed by atoms with Crippen LogP contribution >= 0.6 is 0 Å². The molecule has 0 heterocycles. The Morgan fingerprint density at radius 2 is 0.800 bits per heavy atom. The van der Waals surface area contributed by atoms with Gasteiger partial charge in [-0.2, -0.15) is 0 Å². The van der Waals surface area contributed by atoms with E-state index in [9.17, 15) is 9.59 Å². The van der Waals surface area contributed by atoms with Gasteiger partial charge in [-0.3, -0.25) is 9.59 Å². The van der Waals surface area contributed by atoms with Gasteiger partial charge in [-0.1, -0.05) is 144 Å². The minimum atomic E-state index is -0.00796. The predicted octanol–water partition coefficient (Wildman–Crippen LogP) is 11.2. The Balaban J connectivity index is 3.55. The van der Waals surface area contributed by atoms with Crippen molar-refractivity contribution in [3.8, 4) is 0 Å². The van der Waals surface area contributed by atoms with E-state index in [0.29, 0.717) is 37.9 Å². The zero-order valence-corrected chi connectivity index (χ0v) is 27.9. The molecular formula is C36H70O4. The quantitative estimate of drug-likeness (QED) is 0.0667. The van der Waals surface area contributed by atoms with Crippen LogP contribution in [0.25, 0.3) is 0 Å². The van der Waals surface area contributed by atoms with Gasteiger partial charge in [0.05, 0.1) is 13.2 Å². The van der Waals surface area contributed by atoms with E-state index < -0.39 is 0 Å². The Morgan fingerprint density at radius 1 is 0.425 bits per heavy atom. The van der Waals surface area contributed by atoms with Crippen LogP contribution in [0.3, 0.4) is 0 Å². The van der Waals surface area contributed by atoms with E-state index in [1.807, 2.05) is 0 Å². The van der Waals surface area contributed by atoms with Crippen LogP contribution < -0.4 is 0 Å². The van der Waals surface area contributed by atoms with Crippen LogP contribution in [0.4, 0.5) is 0 Å². The monoisotopic (exact) mass is 567 g/mol. The van der Waals surface area contributed by atoms with Gasteiger partial charge in [0, 0.05) is 12.8 Å². The molecule has 4 heteroatoms. The van der Waals surface area contributed by atoms with Crippen LogP contribution in [0.2, 0.25) is 0 Å².